The molecule has 1 N–H and O–H groups in total. The lowest BCUT2D eigenvalue weighted by Crippen LogP contribution is -2.33. The van der Waals surface area contributed by atoms with E-state index in [1.165, 1.54) is 25.0 Å². The second-order valence-electron chi connectivity index (χ2n) is 6.12. The molecule has 3 nitrogen and oxygen atoms in total. The third-order valence-electron chi connectivity index (χ3n) is 4.55. The minimum absolute atomic E-state index is 0.0902. The monoisotopic (exact) mass is 294 g/mol. The van der Waals surface area contributed by atoms with Crippen molar-refractivity contribution in [2.75, 3.05) is 6.54 Å². The average molecular weight is 294 g/mol. The number of pyridine rings is 1. The summed E-state index contributed by atoms with van der Waals surface area (Å²) in [5.41, 5.74) is 2.29. The molecule has 3 rings (SSSR count). The number of aliphatic imine (C=N–C) groups is 1. The molecule has 1 fully saturated rings. The fourth-order valence-electron chi connectivity index (χ4n) is 3.29. The van der Waals surface area contributed by atoms with Crippen molar-refractivity contribution in [3.63, 3.8) is 0 Å². The van der Waals surface area contributed by atoms with E-state index in [2.05, 4.69) is 17.1 Å². The van der Waals surface area contributed by atoms with E-state index in [1.807, 2.05) is 30.6 Å². The number of hydrogen-bond donors (Lipinski definition) is 1. The highest BCUT2D eigenvalue weighted by molar-refractivity contribution is 5.79. The molecule has 2 aromatic rings. The predicted molar refractivity (Wildman–Crippen MR) is 89.6 cm³/mol. The molecule has 22 heavy (non-hydrogen) atoms. The topological polar surface area (TPSA) is 45.5 Å². The molecule has 0 unspecified atom stereocenters. The van der Waals surface area contributed by atoms with Crippen molar-refractivity contribution >= 4 is 6.21 Å². The number of nitrogens with zero attached hydrogens (tertiary/aromatic N) is 2. The van der Waals surface area contributed by atoms with Gasteiger partial charge in [-0.05, 0) is 54.8 Å². The Morgan fingerprint density at radius 2 is 1.82 bits per heavy atom. The molecule has 0 aliphatic heterocycles. The first-order chi connectivity index (χ1) is 10.8. The van der Waals surface area contributed by atoms with Crippen LogP contribution in [0.15, 0.2) is 53.7 Å². The van der Waals surface area contributed by atoms with E-state index < -0.39 is 0 Å². The molecule has 1 aliphatic rings. The van der Waals surface area contributed by atoms with Gasteiger partial charge in [0, 0.05) is 23.5 Å². The Bertz CT molecular complexity index is 614. The molecule has 1 saturated carbocycles. The van der Waals surface area contributed by atoms with E-state index in [9.17, 15) is 5.11 Å². The summed E-state index contributed by atoms with van der Waals surface area (Å²) in [4.78, 5) is 9.30. The number of rotatable bonds is 4. The van der Waals surface area contributed by atoms with Crippen LogP contribution in [-0.4, -0.2) is 22.8 Å². The maximum Gasteiger partial charge on any atom is 0.115 e. The van der Waals surface area contributed by atoms with Gasteiger partial charge in [-0.3, -0.25) is 9.98 Å². The molecule has 114 valence electrons. The average Bonchev–Trinajstić information content (AvgIpc) is 2.58. The molecule has 1 aromatic carbocycles. The summed E-state index contributed by atoms with van der Waals surface area (Å²) in [6, 6.07) is 13.3. The van der Waals surface area contributed by atoms with Crippen LogP contribution < -0.4 is 0 Å². The summed E-state index contributed by atoms with van der Waals surface area (Å²) in [5.74, 6) is 0.286. The lowest BCUT2D eigenvalue weighted by atomic mass is 9.71. The van der Waals surface area contributed by atoms with Crippen LogP contribution in [0.1, 0.15) is 43.4 Å². The van der Waals surface area contributed by atoms with E-state index in [-0.39, 0.29) is 11.2 Å². The first-order valence-corrected chi connectivity index (χ1v) is 7.99. The molecular formula is C19H22N2O. The summed E-state index contributed by atoms with van der Waals surface area (Å²) in [6.07, 6.45) is 9.94. The minimum atomic E-state index is 0.0902. The van der Waals surface area contributed by atoms with Crippen molar-refractivity contribution in [1.82, 2.24) is 4.98 Å². The smallest absolute Gasteiger partial charge is 0.115 e. The number of aromatic hydroxyl groups is 1. The molecular weight excluding hydrogens is 272 g/mol. The number of phenols is 1. The maximum atomic E-state index is 9.32. The molecule has 0 radical (unpaired) electrons. The molecule has 3 heteroatoms. The molecule has 1 heterocycles. The van der Waals surface area contributed by atoms with Gasteiger partial charge in [-0.25, -0.2) is 0 Å². The first-order valence-electron chi connectivity index (χ1n) is 7.99. The fourth-order valence-corrected chi connectivity index (χ4v) is 3.29. The highest BCUT2D eigenvalue weighted by Crippen LogP contribution is 2.38. The van der Waals surface area contributed by atoms with Crippen LogP contribution in [0.4, 0.5) is 0 Å². The van der Waals surface area contributed by atoms with Gasteiger partial charge in [0.15, 0.2) is 0 Å². The van der Waals surface area contributed by atoms with E-state index in [0.717, 1.165) is 24.9 Å². The summed E-state index contributed by atoms with van der Waals surface area (Å²) >= 11 is 0. The predicted octanol–water partition coefficient (Wildman–Crippen LogP) is 4.11. The van der Waals surface area contributed by atoms with Crippen molar-refractivity contribution in [2.45, 2.75) is 37.5 Å². The highest BCUT2D eigenvalue weighted by Gasteiger charge is 2.34. The van der Waals surface area contributed by atoms with Crippen LogP contribution in [0.5, 0.6) is 5.75 Å². The van der Waals surface area contributed by atoms with Gasteiger partial charge in [0.05, 0.1) is 6.54 Å². The van der Waals surface area contributed by atoms with Gasteiger partial charge in [0.25, 0.3) is 0 Å². The zero-order chi connectivity index (χ0) is 15.3. The number of phenolic OH excluding ortho intramolecular Hbond substituents is 1. The van der Waals surface area contributed by atoms with E-state index >= 15 is 0 Å². The van der Waals surface area contributed by atoms with Crippen molar-refractivity contribution in [2.24, 2.45) is 4.99 Å². The summed E-state index contributed by atoms with van der Waals surface area (Å²) < 4.78 is 0. The molecule has 1 aromatic heterocycles. The zero-order valence-corrected chi connectivity index (χ0v) is 12.8. The molecule has 0 bridgehead atoms. The lowest BCUT2D eigenvalue weighted by Gasteiger charge is -2.35. The van der Waals surface area contributed by atoms with E-state index in [4.69, 9.17) is 4.99 Å². The van der Waals surface area contributed by atoms with Crippen LogP contribution >= 0.6 is 0 Å². The van der Waals surface area contributed by atoms with Crippen LogP contribution in [0.3, 0.4) is 0 Å². The quantitative estimate of drug-likeness (QED) is 0.863. The highest BCUT2D eigenvalue weighted by atomic mass is 16.3. The lowest BCUT2D eigenvalue weighted by molar-refractivity contribution is 0.295. The summed E-state index contributed by atoms with van der Waals surface area (Å²) in [7, 11) is 0. The first kappa shape index (κ1) is 14.8. The van der Waals surface area contributed by atoms with Gasteiger partial charge in [-0.1, -0.05) is 25.3 Å². The van der Waals surface area contributed by atoms with E-state index in [1.54, 1.807) is 12.1 Å². The largest absolute Gasteiger partial charge is 0.508 e. The Morgan fingerprint density at radius 3 is 2.50 bits per heavy atom. The number of aromatic nitrogens is 1. The third kappa shape index (κ3) is 3.35. The van der Waals surface area contributed by atoms with Crippen molar-refractivity contribution in [3.05, 3.63) is 59.9 Å². The van der Waals surface area contributed by atoms with E-state index in [0.29, 0.717) is 0 Å². The Kier molecular flexibility index (Phi) is 4.52. The second kappa shape index (κ2) is 6.73. The normalized spacial score (nSPS) is 17.6. The standard InChI is InChI=1S/C19H22N2O/c22-17-9-7-16(8-10-17)14-20-15-19(11-3-1-4-12-19)18-6-2-5-13-21-18/h2,5-10,13-14,22H,1,3-4,11-12,15H2. The van der Waals surface area contributed by atoms with Crippen LogP contribution in [0.2, 0.25) is 0 Å². The molecule has 0 saturated heterocycles. The molecule has 0 atom stereocenters. The van der Waals surface area contributed by atoms with Gasteiger partial charge in [0.1, 0.15) is 5.75 Å². The number of benzene rings is 1. The second-order valence-corrected chi connectivity index (χ2v) is 6.12. The van der Waals surface area contributed by atoms with Gasteiger partial charge < -0.3 is 5.11 Å². The van der Waals surface area contributed by atoms with Crippen LogP contribution in [0.25, 0.3) is 0 Å². The Morgan fingerprint density at radius 1 is 1.05 bits per heavy atom. The minimum Gasteiger partial charge on any atom is -0.508 e. The van der Waals surface area contributed by atoms with Gasteiger partial charge in [-0.2, -0.15) is 0 Å². The zero-order valence-electron chi connectivity index (χ0n) is 12.8. The summed E-state index contributed by atoms with van der Waals surface area (Å²) in [6.45, 7) is 0.783. The molecule has 1 aliphatic carbocycles. The maximum absolute atomic E-state index is 9.32. The van der Waals surface area contributed by atoms with Gasteiger partial charge in [0.2, 0.25) is 0 Å². The van der Waals surface area contributed by atoms with Crippen molar-refractivity contribution in [1.29, 1.82) is 0 Å². The van der Waals surface area contributed by atoms with Crippen LogP contribution in [0, 0.1) is 0 Å². The number of hydrogen-bond acceptors (Lipinski definition) is 3. The Labute approximate surface area is 131 Å². The SMILES string of the molecule is Oc1ccc(C=NCC2(c3ccccn3)CCCCC2)cc1. The van der Waals surface area contributed by atoms with Crippen molar-refractivity contribution in [3.8, 4) is 5.75 Å². The third-order valence-corrected chi connectivity index (χ3v) is 4.55. The molecule has 0 amide bonds. The van der Waals surface area contributed by atoms with Gasteiger partial charge >= 0.3 is 0 Å². The van der Waals surface area contributed by atoms with Crippen molar-refractivity contribution < 1.29 is 5.11 Å². The molecule has 0 spiro atoms. The Hall–Kier alpha value is -2.16. The Balaban J connectivity index is 1.77. The van der Waals surface area contributed by atoms with Crippen LogP contribution in [-0.2, 0) is 5.41 Å². The summed E-state index contributed by atoms with van der Waals surface area (Å²) in [5, 5.41) is 9.32. The fraction of sp³-hybridized carbons (Fsp3) is 0.368. The van der Waals surface area contributed by atoms with Gasteiger partial charge in [-0.15, -0.1) is 0 Å².